The van der Waals surface area contributed by atoms with Gasteiger partial charge in [0, 0.05) is 19.1 Å². The molecule has 1 aliphatic rings. The van der Waals surface area contributed by atoms with Crippen LogP contribution in [0.25, 0.3) is 0 Å². The van der Waals surface area contributed by atoms with Gasteiger partial charge in [0.2, 0.25) is 0 Å². The van der Waals surface area contributed by atoms with Gasteiger partial charge in [0.1, 0.15) is 18.0 Å². The molecule has 0 unspecified atom stereocenters. The van der Waals surface area contributed by atoms with Gasteiger partial charge in [-0.2, -0.15) is 0 Å². The molecule has 0 amide bonds. The molecule has 86 valence electrons. The number of piperidine rings is 1. The van der Waals surface area contributed by atoms with Crippen LogP contribution in [-0.2, 0) is 0 Å². The number of nitrogen functional groups attached to an aromatic ring is 1. The van der Waals surface area contributed by atoms with Gasteiger partial charge < -0.3 is 16.4 Å². The van der Waals surface area contributed by atoms with E-state index in [1.165, 1.54) is 6.33 Å². The van der Waals surface area contributed by atoms with Gasteiger partial charge in [-0.25, -0.2) is 9.97 Å². The summed E-state index contributed by atoms with van der Waals surface area (Å²) in [6, 6.07) is 0.245. The minimum absolute atomic E-state index is 0.231. The lowest BCUT2D eigenvalue weighted by molar-refractivity contribution is 0.112. The summed E-state index contributed by atoms with van der Waals surface area (Å²) in [5.41, 5.74) is 11.8. The summed E-state index contributed by atoms with van der Waals surface area (Å²) < 4.78 is 0. The molecule has 2 rings (SSSR count). The Labute approximate surface area is 93.7 Å². The van der Waals surface area contributed by atoms with Crippen LogP contribution in [0.5, 0.6) is 0 Å². The van der Waals surface area contributed by atoms with Crippen molar-refractivity contribution in [2.24, 2.45) is 5.73 Å². The average molecular weight is 221 g/mol. The monoisotopic (exact) mass is 221 g/mol. The van der Waals surface area contributed by atoms with Crippen LogP contribution in [0, 0.1) is 0 Å². The minimum atomic E-state index is 0.231. The number of aromatic nitrogens is 2. The summed E-state index contributed by atoms with van der Waals surface area (Å²) >= 11 is 0. The fourth-order valence-corrected chi connectivity index (χ4v) is 1.88. The lowest BCUT2D eigenvalue weighted by Crippen LogP contribution is -2.40. The van der Waals surface area contributed by atoms with Crippen LogP contribution in [0.4, 0.5) is 11.6 Å². The number of hydrogen-bond donors (Lipinski definition) is 2. The standard InChI is InChI=1S/C10H15N5O/c11-7-1-3-15(4-2-7)10-8(5-16)9(12)13-6-14-10/h5-7H,1-4,11H2,(H2,12,13,14). The third-order valence-electron chi connectivity index (χ3n) is 2.85. The zero-order valence-electron chi connectivity index (χ0n) is 8.97. The molecule has 0 bridgehead atoms. The number of carbonyl (C=O) groups excluding carboxylic acids is 1. The Morgan fingerprint density at radius 3 is 2.69 bits per heavy atom. The Bertz CT molecular complexity index is 387. The molecule has 16 heavy (non-hydrogen) atoms. The van der Waals surface area contributed by atoms with Crippen molar-refractivity contribution in [2.45, 2.75) is 18.9 Å². The largest absolute Gasteiger partial charge is 0.383 e. The summed E-state index contributed by atoms with van der Waals surface area (Å²) in [7, 11) is 0. The van der Waals surface area contributed by atoms with Gasteiger partial charge in [-0.3, -0.25) is 4.79 Å². The zero-order chi connectivity index (χ0) is 11.5. The Kier molecular flexibility index (Phi) is 3.00. The van der Waals surface area contributed by atoms with Crippen LogP contribution >= 0.6 is 0 Å². The first kappa shape index (κ1) is 10.8. The van der Waals surface area contributed by atoms with E-state index < -0.39 is 0 Å². The predicted octanol–water partition coefficient (Wildman–Crippen LogP) is -0.201. The molecular weight excluding hydrogens is 206 g/mol. The lowest BCUT2D eigenvalue weighted by atomic mass is 10.1. The van der Waals surface area contributed by atoms with Gasteiger partial charge in [0.15, 0.2) is 6.29 Å². The highest BCUT2D eigenvalue weighted by atomic mass is 16.1. The van der Waals surface area contributed by atoms with Crippen LogP contribution < -0.4 is 16.4 Å². The summed E-state index contributed by atoms with van der Waals surface area (Å²) in [5.74, 6) is 0.851. The molecule has 0 aromatic carbocycles. The molecular formula is C10H15N5O. The lowest BCUT2D eigenvalue weighted by Gasteiger charge is -2.31. The van der Waals surface area contributed by atoms with Crippen molar-refractivity contribution in [2.75, 3.05) is 23.7 Å². The van der Waals surface area contributed by atoms with Gasteiger partial charge in [-0.15, -0.1) is 0 Å². The van der Waals surface area contributed by atoms with Crippen LogP contribution in [0.3, 0.4) is 0 Å². The molecule has 0 saturated carbocycles. The van der Waals surface area contributed by atoms with Gasteiger partial charge >= 0.3 is 0 Å². The van der Waals surface area contributed by atoms with E-state index in [2.05, 4.69) is 9.97 Å². The number of carbonyl (C=O) groups is 1. The molecule has 0 atom stereocenters. The van der Waals surface area contributed by atoms with Crippen molar-refractivity contribution < 1.29 is 4.79 Å². The van der Waals surface area contributed by atoms with E-state index in [9.17, 15) is 4.79 Å². The molecule has 1 aromatic heterocycles. The second-order valence-corrected chi connectivity index (χ2v) is 3.94. The van der Waals surface area contributed by atoms with E-state index >= 15 is 0 Å². The molecule has 1 aromatic rings. The van der Waals surface area contributed by atoms with Gasteiger partial charge in [-0.05, 0) is 12.8 Å². The van der Waals surface area contributed by atoms with E-state index in [1.54, 1.807) is 0 Å². The number of anilines is 2. The van der Waals surface area contributed by atoms with Crippen molar-refractivity contribution >= 4 is 17.9 Å². The number of nitrogens with zero attached hydrogens (tertiary/aromatic N) is 3. The number of hydrogen-bond acceptors (Lipinski definition) is 6. The van der Waals surface area contributed by atoms with E-state index in [1.807, 2.05) is 4.90 Å². The van der Waals surface area contributed by atoms with E-state index in [0.717, 1.165) is 25.9 Å². The Hall–Kier alpha value is -1.69. The summed E-state index contributed by atoms with van der Waals surface area (Å²) in [5, 5.41) is 0. The van der Waals surface area contributed by atoms with Crippen LogP contribution in [0.2, 0.25) is 0 Å². The van der Waals surface area contributed by atoms with E-state index in [-0.39, 0.29) is 11.9 Å². The van der Waals surface area contributed by atoms with Crippen molar-refractivity contribution in [3.8, 4) is 0 Å². The minimum Gasteiger partial charge on any atom is -0.383 e. The molecule has 1 aliphatic heterocycles. The van der Waals surface area contributed by atoms with Gasteiger partial charge in [-0.1, -0.05) is 0 Å². The highest BCUT2D eigenvalue weighted by Crippen LogP contribution is 2.22. The van der Waals surface area contributed by atoms with Crippen molar-refractivity contribution in [1.82, 2.24) is 9.97 Å². The highest BCUT2D eigenvalue weighted by molar-refractivity contribution is 5.88. The fraction of sp³-hybridized carbons (Fsp3) is 0.500. The Morgan fingerprint density at radius 1 is 1.38 bits per heavy atom. The number of aldehydes is 1. The highest BCUT2D eigenvalue weighted by Gasteiger charge is 2.20. The summed E-state index contributed by atoms with van der Waals surface area (Å²) in [6.45, 7) is 1.61. The summed E-state index contributed by atoms with van der Waals surface area (Å²) in [4.78, 5) is 20.9. The maximum Gasteiger partial charge on any atom is 0.157 e. The third-order valence-corrected chi connectivity index (χ3v) is 2.85. The van der Waals surface area contributed by atoms with E-state index in [0.29, 0.717) is 17.7 Å². The Morgan fingerprint density at radius 2 is 2.06 bits per heavy atom. The molecule has 0 spiro atoms. The molecule has 0 radical (unpaired) electrons. The topological polar surface area (TPSA) is 98.1 Å². The van der Waals surface area contributed by atoms with Crippen molar-refractivity contribution in [3.63, 3.8) is 0 Å². The predicted molar refractivity (Wildman–Crippen MR) is 61.3 cm³/mol. The van der Waals surface area contributed by atoms with Gasteiger partial charge in [0.05, 0.1) is 5.56 Å². The van der Waals surface area contributed by atoms with Crippen molar-refractivity contribution in [1.29, 1.82) is 0 Å². The zero-order valence-corrected chi connectivity index (χ0v) is 8.97. The molecule has 6 heteroatoms. The molecule has 1 saturated heterocycles. The second kappa shape index (κ2) is 4.44. The van der Waals surface area contributed by atoms with E-state index in [4.69, 9.17) is 11.5 Å². The third kappa shape index (κ3) is 1.96. The normalized spacial score (nSPS) is 17.4. The quantitative estimate of drug-likeness (QED) is 0.671. The average Bonchev–Trinajstić information content (AvgIpc) is 2.30. The Balaban J connectivity index is 2.26. The molecule has 6 nitrogen and oxygen atoms in total. The van der Waals surface area contributed by atoms with Crippen LogP contribution in [-0.4, -0.2) is 35.4 Å². The van der Waals surface area contributed by atoms with Crippen molar-refractivity contribution in [3.05, 3.63) is 11.9 Å². The van der Waals surface area contributed by atoms with Crippen LogP contribution in [0.15, 0.2) is 6.33 Å². The maximum atomic E-state index is 10.9. The fourth-order valence-electron chi connectivity index (χ4n) is 1.88. The number of nitrogens with two attached hydrogens (primary N) is 2. The van der Waals surface area contributed by atoms with Gasteiger partial charge in [0.25, 0.3) is 0 Å². The SMILES string of the molecule is Nc1ncnc(N2CCC(N)CC2)c1C=O. The molecule has 4 N–H and O–H groups in total. The first-order valence-corrected chi connectivity index (χ1v) is 5.28. The maximum absolute atomic E-state index is 10.9. The molecule has 1 fully saturated rings. The summed E-state index contributed by atoms with van der Waals surface area (Å²) in [6.07, 6.45) is 3.90. The first-order valence-electron chi connectivity index (χ1n) is 5.28. The first-order chi connectivity index (χ1) is 7.72. The molecule has 0 aliphatic carbocycles. The van der Waals surface area contributed by atoms with Crippen LogP contribution in [0.1, 0.15) is 23.2 Å². The number of rotatable bonds is 2. The molecule has 2 heterocycles. The second-order valence-electron chi connectivity index (χ2n) is 3.94. The smallest absolute Gasteiger partial charge is 0.157 e.